The van der Waals surface area contributed by atoms with E-state index in [1.165, 1.54) is 24.5 Å². The van der Waals surface area contributed by atoms with Crippen molar-refractivity contribution in [3.05, 3.63) is 48.3 Å². The summed E-state index contributed by atoms with van der Waals surface area (Å²) in [6.07, 6.45) is 1.53. The number of benzene rings is 2. The highest BCUT2D eigenvalue weighted by molar-refractivity contribution is 7.92. The monoisotopic (exact) mass is 361 g/mol. The molecule has 3 N–H and O–H groups in total. The van der Waals surface area contributed by atoms with E-state index in [0.29, 0.717) is 22.5 Å². The summed E-state index contributed by atoms with van der Waals surface area (Å²) in [7, 11) is -3.79. The number of carboxylic acid groups (broad SMARTS) is 1. The number of anilines is 1. The summed E-state index contributed by atoms with van der Waals surface area (Å²) in [6.45, 7) is 1.16. The SMILES string of the molecule is Cc1cc(S(=O)(=O)Nc2ccc3nc[nH]c3c2)ccc1OCC(=O)O. The second-order valence-corrected chi connectivity index (χ2v) is 7.03. The number of hydrogen-bond donors (Lipinski definition) is 3. The lowest BCUT2D eigenvalue weighted by Gasteiger charge is -2.11. The van der Waals surface area contributed by atoms with E-state index in [1.807, 2.05) is 0 Å². The number of H-pyrrole nitrogens is 1. The summed E-state index contributed by atoms with van der Waals surface area (Å²) in [5.41, 5.74) is 2.38. The number of nitrogens with zero attached hydrogens (tertiary/aromatic N) is 1. The standard InChI is InChI=1S/C16H15N3O5S/c1-10-6-12(3-5-15(10)24-8-16(20)21)25(22,23)19-11-2-4-13-14(7-11)18-9-17-13/h2-7,9,19H,8H2,1H3,(H,17,18)(H,20,21). The molecule has 0 fully saturated rings. The van der Waals surface area contributed by atoms with Gasteiger partial charge in [-0.05, 0) is 48.9 Å². The summed E-state index contributed by atoms with van der Waals surface area (Å²) >= 11 is 0. The van der Waals surface area contributed by atoms with E-state index in [9.17, 15) is 13.2 Å². The van der Waals surface area contributed by atoms with E-state index in [-0.39, 0.29) is 4.90 Å². The van der Waals surface area contributed by atoms with Gasteiger partial charge in [0.2, 0.25) is 0 Å². The van der Waals surface area contributed by atoms with E-state index in [4.69, 9.17) is 9.84 Å². The Morgan fingerprint density at radius 2 is 2.08 bits per heavy atom. The van der Waals surface area contributed by atoms with Crippen LogP contribution in [0.25, 0.3) is 11.0 Å². The van der Waals surface area contributed by atoms with Crippen molar-refractivity contribution in [2.24, 2.45) is 0 Å². The van der Waals surface area contributed by atoms with Crippen molar-refractivity contribution >= 4 is 32.7 Å². The van der Waals surface area contributed by atoms with Gasteiger partial charge in [0, 0.05) is 0 Å². The number of aliphatic carboxylic acids is 1. The number of fused-ring (bicyclic) bond motifs is 1. The van der Waals surface area contributed by atoms with Crippen LogP contribution in [0.1, 0.15) is 5.56 Å². The fourth-order valence-electron chi connectivity index (χ4n) is 2.30. The van der Waals surface area contributed by atoms with E-state index < -0.39 is 22.6 Å². The van der Waals surface area contributed by atoms with Gasteiger partial charge in [-0.3, -0.25) is 4.72 Å². The lowest BCUT2D eigenvalue weighted by molar-refractivity contribution is -0.139. The minimum absolute atomic E-state index is 0.0531. The molecule has 0 saturated heterocycles. The van der Waals surface area contributed by atoms with Crippen molar-refractivity contribution < 1.29 is 23.1 Å². The molecule has 0 radical (unpaired) electrons. The Kier molecular flexibility index (Phi) is 4.32. The van der Waals surface area contributed by atoms with Crippen LogP contribution < -0.4 is 9.46 Å². The first-order chi connectivity index (χ1) is 11.8. The van der Waals surface area contributed by atoms with Gasteiger partial charge >= 0.3 is 5.97 Å². The lowest BCUT2D eigenvalue weighted by Crippen LogP contribution is -2.14. The summed E-state index contributed by atoms with van der Waals surface area (Å²) in [5.74, 6) is -0.785. The van der Waals surface area contributed by atoms with E-state index >= 15 is 0 Å². The zero-order chi connectivity index (χ0) is 18.0. The second-order valence-electron chi connectivity index (χ2n) is 5.35. The molecule has 3 rings (SSSR count). The van der Waals surface area contributed by atoms with Crippen LogP contribution >= 0.6 is 0 Å². The Balaban J connectivity index is 1.83. The zero-order valence-corrected chi connectivity index (χ0v) is 14.0. The maximum absolute atomic E-state index is 12.5. The van der Waals surface area contributed by atoms with Crippen molar-refractivity contribution in [2.75, 3.05) is 11.3 Å². The largest absolute Gasteiger partial charge is 0.482 e. The van der Waals surface area contributed by atoms with Crippen LogP contribution in [0.15, 0.2) is 47.6 Å². The average molecular weight is 361 g/mol. The molecule has 0 spiro atoms. The zero-order valence-electron chi connectivity index (χ0n) is 13.2. The number of sulfonamides is 1. The number of carbonyl (C=O) groups is 1. The van der Waals surface area contributed by atoms with Gasteiger partial charge in [-0.2, -0.15) is 0 Å². The van der Waals surface area contributed by atoms with Gasteiger partial charge in [-0.1, -0.05) is 0 Å². The second kappa shape index (κ2) is 6.44. The molecule has 0 aliphatic rings. The molecule has 0 aliphatic carbocycles. The molecule has 3 aromatic rings. The third-order valence-electron chi connectivity index (χ3n) is 3.48. The Bertz CT molecular complexity index is 1040. The Hall–Kier alpha value is -3.07. The Morgan fingerprint density at radius 3 is 2.80 bits per heavy atom. The first kappa shape index (κ1) is 16.8. The molecule has 0 unspecified atom stereocenters. The predicted octanol–water partition coefficient (Wildman–Crippen LogP) is 2.14. The molecule has 2 aromatic carbocycles. The third kappa shape index (κ3) is 3.72. The smallest absolute Gasteiger partial charge is 0.341 e. The highest BCUT2D eigenvalue weighted by Crippen LogP contribution is 2.24. The first-order valence-corrected chi connectivity index (χ1v) is 8.75. The third-order valence-corrected chi connectivity index (χ3v) is 4.86. The highest BCUT2D eigenvalue weighted by atomic mass is 32.2. The molecule has 0 saturated carbocycles. The van der Waals surface area contributed by atoms with Gasteiger partial charge in [0.05, 0.1) is 27.9 Å². The van der Waals surface area contributed by atoms with Crippen molar-refractivity contribution in [3.8, 4) is 5.75 Å². The number of hydrogen-bond acceptors (Lipinski definition) is 5. The number of aromatic nitrogens is 2. The Morgan fingerprint density at radius 1 is 1.28 bits per heavy atom. The van der Waals surface area contributed by atoms with Crippen molar-refractivity contribution in [3.63, 3.8) is 0 Å². The van der Waals surface area contributed by atoms with Gasteiger partial charge in [0.25, 0.3) is 10.0 Å². The number of rotatable bonds is 6. The molecule has 130 valence electrons. The molecule has 0 aliphatic heterocycles. The molecular formula is C16H15N3O5S. The molecule has 8 nitrogen and oxygen atoms in total. The molecule has 25 heavy (non-hydrogen) atoms. The maximum atomic E-state index is 12.5. The van der Waals surface area contributed by atoms with Gasteiger partial charge in [0.1, 0.15) is 5.75 Å². The summed E-state index contributed by atoms with van der Waals surface area (Å²) in [4.78, 5) is 17.6. The molecule has 1 heterocycles. The lowest BCUT2D eigenvalue weighted by atomic mass is 10.2. The fourth-order valence-corrected chi connectivity index (χ4v) is 3.44. The van der Waals surface area contributed by atoms with Gasteiger partial charge in [-0.15, -0.1) is 0 Å². The number of carboxylic acids is 1. The van der Waals surface area contributed by atoms with Crippen molar-refractivity contribution in [1.29, 1.82) is 0 Å². The number of imidazole rings is 1. The molecule has 9 heteroatoms. The van der Waals surface area contributed by atoms with Crippen LogP contribution in [0.5, 0.6) is 5.75 Å². The van der Waals surface area contributed by atoms with E-state index in [2.05, 4.69) is 14.7 Å². The van der Waals surface area contributed by atoms with Gasteiger partial charge < -0.3 is 14.8 Å². The highest BCUT2D eigenvalue weighted by Gasteiger charge is 2.16. The summed E-state index contributed by atoms with van der Waals surface area (Å²) in [5, 5.41) is 8.64. The van der Waals surface area contributed by atoms with Crippen LogP contribution in [0.2, 0.25) is 0 Å². The normalized spacial score (nSPS) is 11.4. The minimum atomic E-state index is -3.79. The average Bonchev–Trinajstić information content (AvgIpc) is 3.00. The molecular weight excluding hydrogens is 346 g/mol. The molecule has 0 amide bonds. The van der Waals surface area contributed by atoms with Gasteiger partial charge in [-0.25, -0.2) is 18.2 Å². The number of ether oxygens (including phenoxy) is 1. The number of aromatic amines is 1. The quantitative estimate of drug-likeness (QED) is 0.618. The van der Waals surface area contributed by atoms with Crippen molar-refractivity contribution in [1.82, 2.24) is 9.97 Å². The molecule has 0 bridgehead atoms. The van der Waals surface area contributed by atoms with Crippen LogP contribution in [-0.2, 0) is 14.8 Å². The minimum Gasteiger partial charge on any atom is -0.482 e. The Labute approximate surface area is 143 Å². The summed E-state index contributed by atoms with van der Waals surface area (Å²) < 4.78 is 32.7. The number of nitrogens with one attached hydrogen (secondary N) is 2. The van der Waals surface area contributed by atoms with Crippen LogP contribution in [-0.4, -0.2) is 36.1 Å². The maximum Gasteiger partial charge on any atom is 0.341 e. The molecule has 1 aromatic heterocycles. The fraction of sp³-hybridized carbons (Fsp3) is 0.125. The predicted molar refractivity (Wildman–Crippen MR) is 91.2 cm³/mol. The molecule has 0 atom stereocenters. The van der Waals surface area contributed by atoms with E-state index in [0.717, 1.165) is 5.52 Å². The van der Waals surface area contributed by atoms with Crippen LogP contribution in [0.3, 0.4) is 0 Å². The number of aryl methyl sites for hydroxylation is 1. The van der Waals surface area contributed by atoms with Crippen LogP contribution in [0, 0.1) is 6.92 Å². The van der Waals surface area contributed by atoms with Gasteiger partial charge in [0.15, 0.2) is 6.61 Å². The summed E-state index contributed by atoms with van der Waals surface area (Å²) in [6, 6.07) is 9.20. The van der Waals surface area contributed by atoms with Crippen molar-refractivity contribution in [2.45, 2.75) is 11.8 Å². The van der Waals surface area contributed by atoms with E-state index in [1.54, 1.807) is 25.1 Å². The topological polar surface area (TPSA) is 121 Å². The van der Waals surface area contributed by atoms with Crippen LogP contribution in [0.4, 0.5) is 5.69 Å². The first-order valence-electron chi connectivity index (χ1n) is 7.26.